The van der Waals surface area contributed by atoms with Gasteiger partial charge in [-0.2, -0.15) is 0 Å². The molecule has 0 aliphatic carbocycles. The highest BCUT2D eigenvalue weighted by Crippen LogP contribution is 2.25. The van der Waals surface area contributed by atoms with Crippen molar-refractivity contribution < 1.29 is 27.1 Å². The van der Waals surface area contributed by atoms with Gasteiger partial charge < -0.3 is 10.1 Å². The monoisotopic (exact) mass is 490 g/mol. The van der Waals surface area contributed by atoms with Crippen molar-refractivity contribution in [2.75, 3.05) is 22.8 Å². The third-order valence-electron chi connectivity index (χ3n) is 4.48. The van der Waals surface area contributed by atoms with Gasteiger partial charge in [0.05, 0.1) is 27.8 Å². The van der Waals surface area contributed by atoms with Gasteiger partial charge >= 0.3 is 5.97 Å². The fourth-order valence-electron chi connectivity index (χ4n) is 2.94. The molecule has 0 heterocycles. The number of nitrogens with one attached hydrogen (secondary N) is 1. The van der Waals surface area contributed by atoms with Crippen molar-refractivity contribution in [2.45, 2.75) is 11.8 Å². The van der Waals surface area contributed by atoms with Crippen LogP contribution >= 0.6 is 11.6 Å². The number of esters is 1. The van der Waals surface area contributed by atoms with Crippen LogP contribution in [0.2, 0.25) is 5.02 Å². The molecule has 0 aliphatic heterocycles. The zero-order valence-corrected chi connectivity index (χ0v) is 19.1. The van der Waals surface area contributed by atoms with Gasteiger partial charge in [0.15, 0.2) is 0 Å². The van der Waals surface area contributed by atoms with Crippen LogP contribution in [0.3, 0.4) is 0 Å². The molecule has 3 aromatic rings. The lowest BCUT2D eigenvalue weighted by Crippen LogP contribution is -2.38. The molecule has 0 aliphatic rings. The molecular formula is C23H20ClFN2O5S. The molecule has 0 saturated heterocycles. The number of hydrogen-bond donors (Lipinski definition) is 1. The van der Waals surface area contributed by atoms with Crippen molar-refractivity contribution in [3.05, 3.63) is 89.2 Å². The van der Waals surface area contributed by atoms with E-state index in [1.165, 1.54) is 42.5 Å². The molecule has 1 amide bonds. The molecule has 0 atom stereocenters. The average molecular weight is 491 g/mol. The molecule has 3 rings (SSSR count). The summed E-state index contributed by atoms with van der Waals surface area (Å²) in [6.07, 6.45) is 0. The smallest absolute Gasteiger partial charge is 0.339 e. The van der Waals surface area contributed by atoms with Gasteiger partial charge in [-0.05, 0) is 61.5 Å². The summed E-state index contributed by atoms with van der Waals surface area (Å²) in [7, 11) is -4.14. The fourth-order valence-corrected chi connectivity index (χ4v) is 4.58. The van der Waals surface area contributed by atoms with Crippen molar-refractivity contribution in [3.8, 4) is 0 Å². The number of benzene rings is 3. The van der Waals surface area contributed by atoms with Crippen molar-refractivity contribution in [1.29, 1.82) is 0 Å². The molecule has 10 heteroatoms. The molecule has 3 aromatic carbocycles. The summed E-state index contributed by atoms with van der Waals surface area (Å²) in [5.41, 5.74) is 0.394. The van der Waals surface area contributed by atoms with E-state index in [0.29, 0.717) is 0 Å². The maximum atomic E-state index is 13.4. The van der Waals surface area contributed by atoms with Gasteiger partial charge in [-0.1, -0.05) is 29.8 Å². The highest BCUT2D eigenvalue weighted by molar-refractivity contribution is 7.92. The van der Waals surface area contributed by atoms with Crippen LogP contribution in [-0.2, 0) is 19.6 Å². The Morgan fingerprint density at radius 2 is 1.70 bits per heavy atom. The third kappa shape index (κ3) is 5.88. The lowest BCUT2D eigenvalue weighted by molar-refractivity contribution is -0.114. The number of halogens is 2. The van der Waals surface area contributed by atoms with Crippen LogP contribution in [-0.4, -0.2) is 33.4 Å². The lowest BCUT2D eigenvalue weighted by atomic mass is 10.2. The van der Waals surface area contributed by atoms with Gasteiger partial charge in [0.2, 0.25) is 5.91 Å². The minimum absolute atomic E-state index is 0.0294. The summed E-state index contributed by atoms with van der Waals surface area (Å²) in [5.74, 6) is -1.89. The second-order valence-corrected chi connectivity index (χ2v) is 9.03. The van der Waals surface area contributed by atoms with E-state index >= 15 is 0 Å². The molecule has 7 nitrogen and oxygen atoms in total. The third-order valence-corrected chi connectivity index (χ3v) is 6.60. The number of anilines is 2. The van der Waals surface area contributed by atoms with Gasteiger partial charge in [0.25, 0.3) is 10.0 Å². The Kier molecular flexibility index (Phi) is 7.67. The van der Waals surface area contributed by atoms with Crippen LogP contribution in [0.25, 0.3) is 0 Å². The molecule has 172 valence electrons. The van der Waals surface area contributed by atoms with Crippen molar-refractivity contribution in [3.63, 3.8) is 0 Å². The van der Waals surface area contributed by atoms with Crippen LogP contribution in [0, 0.1) is 5.82 Å². The van der Waals surface area contributed by atoms with Gasteiger partial charge in [-0.3, -0.25) is 9.10 Å². The predicted octanol–water partition coefficient (Wildman–Crippen LogP) is 4.49. The summed E-state index contributed by atoms with van der Waals surface area (Å²) in [5, 5.41) is 2.70. The summed E-state index contributed by atoms with van der Waals surface area (Å²) >= 11 is 6.04. The minimum atomic E-state index is -4.14. The molecule has 0 spiro atoms. The highest BCUT2D eigenvalue weighted by Gasteiger charge is 2.27. The van der Waals surface area contributed by atoms with Crippen molar-refractivity contribution in [2.24, 2.45) is 0 Å². The maximum Gasteiger partial charge on any atom is 0.339 e. The fraction of sp³-hybridized carbons (Fsp3) is 0.130. The van der Waals surface area contributed by atoms with Crippen molar-refractivity contribution in [1.82, 2.24) is 0 Å². The first-order valence-corrected chi connectivity index (χ1v) is 11.6. The van der Waals surface area contributed by atoms with Crippen LogP contribution in [0.1, 0.15) is 17.3 Å². The van der Waals surface area contributed by atoms with Crippen LogP contribution < -0.4 is 9.62 Å². The normalized spacial score (nSPS) is 11.0. The topological polar surface area (TPSA) is 92.8 Å². The lowest BCUT2D eigenvalue weighted by Gasteiger charge is -2.24. The quantitative estimate of drug-likeness (QED) is 0.470. The molecule has 0 unspecified atom stereocenters. The maximum absolute atomic E-state index is 13.4. The Bertz CT molecular complexity index is 1250. The van der Waals surface area contributed by atoms with Gasteiger partial charge in [0.1, 0.15) is 12.4 Å². The first-order valence-electron chi connectivity index (χ1n) is 9.82. The van der Waals surface area contributed by atoms with Crippen LogP contribution in [0.4, 0.5) is 15.8 Å². The summed E-state index contributed by atoms with van der Waals surface area (Å²) in [4.78, 5) is 24.8. The van der Waals surface area contributed by atoms with Crippen LogP contribution in [0.15, 0.2) is 77.7 Å². The first kappa shape index (κ1) is 24.2. The summed E-state index contributed by atoms with van der Waals surface area (Å²) < 4.78 is 45.7. The highest BCUT2D eigenvalue weighted by atomic mass is 35.5. The van der Waals surface area contributed by atoms with E-state index in [4.69, 9.17) is 16.3 Å². The number of sulfonamides is 1. The molecule has 0 saturated carbocycles. The standard InChI is InChI=1S/C23H20ClFN2O5S/c1-2-32-23(29)20-14-17(10-13-21(20)24)26-22(28)15-27(18-11-8-16(25)9-12-18)33(30,31)19-6-4-3-5-7-19/h3-14H,2,15H2,1H3,(H,26,28). The Morgan fingerprint density at radius 1 is 1.03 bits per heavy atom. The number of amides is 1. The number of carbonyl (C=O) groups excluding carboxylic acids is 2. The molecule has 0 radical (unpaired) electrons. The van der Waals surface area contributed by atoms with E-state index < -0.39 is 34.3 Å². The predicted molar refractivity (Wildman–Crippen MR) is 123 cm³/mol. The van der Waals surface area contributed by atoms with E-state index in [1.54, 1.807) is 25.1 Å². The Morgan fingerprint density at radius 3 is 2.33 bits per heavy atom. The van der Waals surface area contributed by atoms with E-state index in [9.17, 15) is 22.4 Å². The average Bonchev–Trinajstić information content (AvgIpc) is 2.80. The zero-order valence-electron chi connectivity index (χ0n) is 17.5. The second kappa shape index (κ2) is 10.5. The Balaban J connectivity index is 1.89. The van der Waals surface area contributed by atoms with E-state index in [2.05, 4.69) is 5.32 Å². The SMILES string of the molecule is CCOC(=O)c1cc(NC(=O)CN(c2ccc(F)cc2)S(=O)(=O)c2ccccc2)ccc1Cl. The van der Waals surface area contributed by atoms with Gasteiger partial charge in [-0.15, -0.1) is 0 Å². The van der Waals surface area contributed by atoms with E-state index in [-0.39, 0.29) is 33.5 Å². The molecule has 33 heavy (non-hydrogen) atoms. The van der Waals surface area contributed by atoms with Crippen molar-refractivity contribution >= 4 is 44.9 Å². The number of ether oxygens (including phenoxy) is 1. The molecular weight excluding hydrogens is 471 g/mol. The van der Waals surface area contributed by atoms with Gasteiger partial charge in [-0.25, -0.2) is 17.6 Å². The molecule has 0 fully saturated rings. The number of nitrogens with zero attached hydrogens (tertiary/aromatic N) is 1. The minimum Gasteiger partial charge on any atom is -0.462 e. The molecule has 1 N–H and O–H groups in total. The largest absolute Gasteiger partial charge is 0.462 e. The second-order valence-electron chi connectivity index (χ2n) is 6.76. The molecule has 0 aromatic heterocycles. The van der Waals surface area contributed by atoms with Crippen LogP contribution in [0.5, 0.6) is 0 Å². The van der Waals surface area contributed by atoms with E-state index in [0.717, 1.165) is 16.4 Å². The zero-order chi connectivity index (χ0) is 24.0. The molecule has 0 bridgehead atoms. The van der Waals surface area contributed by atoms with Gasteiger partial charge in [0, 0.05) is 5.69 Å². The Hall–Kier alpha value is -3.43. The first-order chi connectivity index (χ1) is 15.7. The van der Waals surface area contributed by atoms with E-state index in [1.807, 2.05) is 0 Å². The number of rotatable bonds is 8. The number of carbonyl (C=O) groups is 2. The number of hydrogen-bond acceptors (Lipinski definition) is 5. The summed E-state index contributed by atoms with van der Waals surface area (Å²) in [6.45, 7) is 1.20. The summed E-state index contributed by atoms with van der Waals surface area (Å²) in [6, 6.07) is 16.5. The Labute approximate surface area is 195 Å².